The number of carbonyl (C=O) groups excluding carboxylic acids is 1. The summed E-state index contributed by atoms with van der Waals surface area (Å²) < 4.78 is 5.82. The van der Waals surface area contributed by atoms with Crippen molar-refractivity contribution in [3.63, 3.8) is 0 Å². The molecule has 1 aliphatic heterocycles. The van der Waals surface area contributed by atoms with Gasteiger partial charge in [0.1, 0.15) is 9.38 Å². The Hall–Kier alpha value is -2.09. The maximum Gasteiger partial charge on any atom is 0.337 e. The number of esters is 1. The number of methoxy groups -OCH3 is 1. The molecule has 2 heterocycles. The van der Waals surface area contributed by atoms with Crippen molar-refractivity contribution in [2.45, 2.75) is 11.5 Å². The lowest BCUT2D eigenvalue weighted by Crippen LogP contribution is -2.00. The lowest BCUT2D eigenvalue weighted by Gasteiger charge is -2.13. The van der Waals surface area contributed by atoms with Crippen LogP contribution in [-0.4, -0.2) is 22.4 Å². The molecule has 7 heteroatoms. The second-order valence-corrected chi connectivity index (χ2v) is 8.84. The maximum absolute atomic E-state index is 11.5. The molecule has 0 saturated heterocycles. The first kappa shape index (κ1) is 18.3. The van der Waals surface area contributed by atoms with Crippen molar-refractivity contribution in [2.75, 3.05) is 7.11 Å². The van der Waals surface area contributed by atoms with Crippen molar-refractivity contribution < 1.29 is 9.53 Å². The van der Waals surface area contributed by atoms with E-state index in [-0.39, 0.29) is 5.97 Å². The second kappa shape index (κ2) is 8.29. The minimum Gasteiger partial charge on any atom is -0.465 e. The molecular weight excluding hydrogens is 396 g/mol. The zero-order valence-corrected chi connectivity index (χ0v) is 17.0. The summed E-state index contributed by atoms with van der Waals surface area (Å²) in [6, 6.07) is 15.6. The highest BCUT2D eigenvalue weighted by Gasteiger charge is 2.14. The molecule has 0 spiro atoms. The lowest BCUT2D eigenvalue weighted by molar-refractivity contribution is 0.0601. The summed E-state index contributed by atoms with van der Waals surface area (Å²) in [5.74, 6) is 1.44. The van der Waals surface area contributed by atoms with Crippen molar-refractivity contribution in [3.8, 4) is 10.6 Å². The van der Waals surface area contributed by atoms with Crippen LogP contribution in [0.15, 0.2) is 58.9 Å². The van der Waals surface area contributed by atoms with Crippen molar-refractivity contribution in [2.24, 2.45) is 4.99 Å². The summed E-state index contributed by atoms with van der Waals surface area (Å²) in [4.78, 5) is 21.0. The zero-order valence-electron chi connectivity index (χ0n) is 14.5. The van der Waals surface area contributed by atoms with Gasteiger partial charge >= 0.3 is 5.97 Å². The molecule has 2 aromatic carbocycles. The molecule has 1 aliphatic rings. The van der Waals surface area contributed by atoms with Crippen LogP contribution in [0.2, 0.25) is 0 Å². The van der Waals surface area contributed by atoms with Crippen molar-refractivity contribution in [3.05, 3.63) is 70.7 Å². The molecule has 27 heavy (non-hydrogen) atoms. The third kappa shape index (κ3) is 4.26. The number of thioether (sulfide) groups is 2. The molecule has 0 fully saturated rings. The van der Waals surface area contributed by atoms with Gasteiger partial charge in [-0.25, -0.2) is 14.8 Å². The fraction of sp³-hybridized carbons (Fsp3) is 0.150. The van der Waals surface area contributed by atoms with E-state index in [4.69, 9.17) is 14.7 Å². The lowest BCUT2D eigenvalue weighted by atomic mass is 10.1. The molecule has 0 atom stereocenters. The van der Waals surface area contributed by atoms with Gasteiger partial charge in [0, 0.05) is 22.4 Å². The van der Waals surface area contributed by atoms with Crippen LogP contribution in [0, 0.1) is 0 Å². The molecule has 0 radical (unpaired) electrons. The van der Waals surface area contributed by atoms with E-state index in [0.29, 0.717) is 5.56 Å². The molecule has 0 bridgehead atoms. The van der Waals surface area contributed by atoms with Crippen LogP contribution in [-0.2, 0) is 16.2 Å². The first-order chi connectivity index (χ1) is 13.2. The van der Waals surface area contributed by atoms with Crippen LogP contribution in [0.5, 0.6) is 0 Å². The minimum absolute atomic E-state index is 0.329. The summed E-state index contributed by atoms with van der Waals surface area (Å²) >= 11 is 5.12. The Morgan fingerprint density at radius 1 is 1.19 bits per heavy atom. The molecule has 3 aromatic rings. The highest BCUT2D eigenvalue weighted by atomic mass is 32.2. The molecule has 0 saturated carbocycles. The average Bonchev–Trinajstić information content (AvgIpc) is 3.20. The van der Waals surface area contributed by atoms with Crippen LogP contribution in [0.4, 0.5) is 5.69 Å². The van der Waals surface area contributed by atoms with Gasteiger partial charge in [-0.1, -0.05) is 53.9 Å². The molecule has 4 nitrogen and oxygen atoms in total. The molecule has 1 aromatic heterocycles. The van der Waals surface area contributed by atoms with E-state index in [0.717, 1.165) is 37.8 Å². The average molecular weight is 413 g/mol. The largest absolute Gasteiger partial charge is 0.465 e. The topological polar surface area (TPSA) is 51.5 Å². The number of thiazole rings is 1. The third-order valence-electron chi connectivity index (χ3n) is 4.00. The standard InChI is InChI=1S/C20H16N2O2S3/c1-24-19(23)14-8-6-13(7-9-14)18-21-16(11-25-18)12-27-20-22-17-5-3-2-4-15(17)10-26-20/h2-9,11H,10,12H2,1H3. The number of nitrogens with zero attached hydrogens (tertiary/aromatic N) is 2. The summed E-state index contributed by atoms with van der Waals surface area (Å²) in [6.45, 7) is 0. The number of hydrogen-bond donors (Lipinski definition) is 0. The highest BCUT2D eigenvalue weighted by molar-refractivity contribution is 8.38. The Balaban J connectivity index is 1.42. The molecule has 0 aliphatic carbocycles. The van der Waals surface area contributed by atoms with Gasteiger partial charge in [-0.15, -0.1) is 11.3 Å². The number of aromatic nitrogens is 1. The number of ether oxygens (including phenoxy) is 1. The molecular formula is C20H16N2O2S3. The van der Waals surface area contributed by atoms with Gasteiger partial charge in [-0.3, -0.25) is 0 Å². The predicted molar refractivity (Wildman–Crippen MR) is 115 cm³/mol. The summed E-state index contributed by atoms with van der Waals surface area (Å²) in [5, 5.41) is 3.03. The van der Waals surface area contributed by atoms with Crippen molar-refractivity contribution in [1.82, 2.24) is 4.98 Å². The van der Waals surface area contributed by atoms with Crippen LogP contribution >= 0.6 is 34.9 Å². The smallest absolute Gasteiger partial charge is 0.337 e. The Kier molecular flexibility index (Phi) is 5.61. The first-order valence-corrected chi connectivity index (χ1v) is 11.1. The SMILES string of the molecule is COC(=O)c1ccc(-c2nc(CSC3=Nc4ccccc4CS3)cs2)cc1. The molecule has 0 N–H and O–H groups in total. The Labute approximate surface area is 170 Å². The van der Waals surface area contributed by atoms with E-state index in [1.807, 2.05) is 18.2 Å². The number of benzene rings is 2. The molecule has 4 rings (SSSR count). The van der Waals surface area contributed by atoms with Gasteiger partial charge in [0.25, 0.3) is 0 Å². The third-order valence-corrected chi connectivity index (χ3v) is 7.22. The Morgan fingerprint density at radius 2 is 2.00 bits per heavy atom. The van der Waals surface area contributed by atoms with E-state index in [1.165, 1.54) is 12.7 Å². The van der Waals surface area contributed by atoms with E-state index in [1.54, 1.807) is 47.0 Å². The summed E-state index contributed by atoms with van der Waals surface area (Å²) in [6.07, 6.45) is 0. The van der Waals surface area contributed by atoms with Crippen LogP contribution in [0.25, 0.3) is 10.6 Å². The number of hydrogen-bond acceptors (Lipinski definition) is 7. The van der Waals surface area contributed by atoms with E-state index in [2.05, 4.69) is 23.6 Å². The summed E-state index contributed by atoms with van der Waals surface area (Å²) in [5.41, 5.74) is 4.95. The van der Waals surface area contributed by atoms with Gasteiger partial charge in [0.2, 0.25) is 0 Å². The number of aliphatic imine (C=N–C) groups is 1. The van der Waals surface area contributed by atoms with Crippen LogP contribution in [0.3, 0.4) is 0 Å². The first-order valence-electron chi connectivity index (χ1n) is 8.28. The Morgan fingerprint density at radius 3 is 2.81 bits per heavy atom. The molecule has 0 unspecified atom stereocenters. The van der Waals surface area contributed by atoms with Crippen LogP contribution < -0.4 is 0 Å². The van der Waals surface area contributed by atoms with Crippen molar-refractivity contribution in [1.29, 1.82) is 0 Å². The quantitative estimate of drug-likeness (QED) is 0.510. The van der Waals surface area contributed by atoms with Crippen molar-refractivity contribution >= 4 is 50.9 Å². The predicted octanol–water partition coefficient (Wildman–Crippen LogP) is 5.76. The Bertz CT molecular complexity index is 996. The number of rotatable bonds is 4. The van der Waals surface area contributed by atoms with E-state index >= 15 is 0 Å². The fourth-order valence-electron chi connectivity index (χ4n) is 2.59. The van der Waals surface area contributed by atoms with Gasteiger partial charge in [0.15, 0.2) is 0 Å². The number of para-hydroxylation sites is 1. The van der Waals surface area contributed by atoms with Gasteiger partial charge < -0.3 is 4.74 Å². The molecule has 0 amide bonds. The van der Waals surface area contributed by atoms with E-state index in [9.17, 15) is 4.79 Å². The van der Waals surface area contributed by atoms with Crippen LogP contribution in [0.1, 0.15) is 21.6 Å². The molecule has 136 valence electrons. The second-order valence-electron chi connectivity index (χ2n) is 5.80. The summed E-state index contributed by atoms with van der Waals surface area (Å²) in [7, 11) is 1.38. The minimum atomic E-state index is -0.329. The normalized spacial score (nSPS) is 13.0. The highest BCUT2D eigenvalue weighted by Crippen LogP contribution is 2.36. The van der Waals surface area contributed by atoms with Gasteiger partial charge in [0.05, 0.1) is 24.1 Å². The maximum atomic E-state index is 11.5. The monoisotopic (exact) mass is 412 g/mol. The number of carbonyl (C=O) groups is 1. The number of fused-ring (bicyclic) bond motifs is 1. The van der Waals surface area contributed by atoms with Gasteiger partial charge in [-0.05, 0) is 23.8 Å². The van der Waals surface area contributed by atoms with E-state index < -0.39 is 0 Å². The fourth-order valence-corrected chi connectivity index (χ4v) is 5.48. The zero-order chi connectivity index (χ0) is 18.6. The van der Waals surface area contributed by atoms with Gasteiger partial charge in [-0.2, -0.15) is 0 Å².